The SMILES string of the molecule is O=C(c1cc(NC(c2ccccc2)c2ccccn2)nc2ccccc12)N1CCOCC1. The third-order valence-corrected chi connectivity index (χ3v) is 5.65. The third kappa shape index (κ3) is 4.18. The van der Waals surface area contributed by atoms with Crippen LogP contribution < -0.4 is 5.32 Å². The Morgan fingerprint density at radius 1 is 0.938 bits per heavy atom. The van der Waals surface area contributed by atoms with Gasteiger partial charge in [-0.25, -0.2) is 4.98 Å². The number of nitrogens with one attached hydrogen (secondary N) is 1. The van der Waals surface area contributed by atoms with E-state index in [4.69, 9.17) is 9.72 Å². The van der Waals surface area contributed by atoms with Crippen molar-refractivity contribution in [1.29, 1.82) is 0 Å². The number of carbonyl (C=O) groups excluding carboxylic acids is 1. The van der Waals surface area contributed by atoms with E-state index in [0.717, 1.165) is 22.2 Å². The van der Waals surface area contributed by atoms with Crippen molar-refractivity contribution in [1.82, 2.24) is 14.9 Å². The number of nitrogens with zero attached hydrogens (tertiary/aromatic N) is 3. The molecule has 5 rings (SSSR count). The van der Waals surface area contributed by atoms with Crippen LogP contribution in [0.15, 0.2) is 85.1 Å². The number of hydrogen-bond acceptors (Lipinski definition) is 5. The maximum Gasteiger partial charge on any atom is 0.254 e. The molecule has 1 aliphatic rings. The normalized spacial score (nSPS) is 14.8. The number of hydrogen-bond donors (Lipinski definition) is 1. The molecule has 1 atom stereocenters. The van der Waals surface area contributed by atoms with Crippen molar-refractivity contribution >= 4 is 22.6 Å². The molecular weight excluding hydrogens is 400 g/mol. The monoisotopic (exact) mass is 424 g/mol. The van der Waals surface area contributed by atoms with E-state index in [1.807, 2.05) is 71.6 Å². The summed E-state index contributed by atoms with van der Waals surface area (Å²) in [5, 5.41) is 4.38. The average molecular weight is 425 g/mol. The van der Waals surface area contributed by atoms with Crippen LogP contribution >= 0.6 is 0 Å². The van der Waals surface area contributed by atoms with Crippen LogP contribution in [0.4, 0.5) is 5.82 Å². The smallest absolute Gasteiger partial charge is 0.254 e. The fraction of sp³-hybridized carbons (Fsp3) is 0.192. The van der Waals surface area contributed by atoms with E-state index in [2.05, 4.69) is 22.4 Å². The van der Waals surface area contributed by atoms with E-state index in [1.54, 1.807) is 6.20 Å². The van der Waals surface area contributed by atoms with Crippen LogP contribution in [-0.2, 0) is 4.74 Å². The van der Waals surface area contributed by atoms with Crippen molar-refractivity contribution in [3.8, 4) is 0 Å². The first kappa shape index (κ1) is 20.2. The summed E-state index contributed by atoms with van der Waals surface area (Å²) in [6.45, 7) is 2.32. The fourth-order valence-electron chi connectivity index (χ4n) is 4.03. The van der Waals surface area contributed by atoms with Gasteiger partial charge < -0.3 is 15.0 Å². The van der Waals surface area contributed by atoms with Crippen molar-refractivity contribution in [3.05, 3.63) is 102 Å². The Hall–Kier alpha value is -3.77. The first-order valence-corrected chi connectivity index (χ1v) is 10.8. The minimum Gasteiger partial charge on any atom is -0.378 e. The van der Waals surface area contributed by atoms with Crippen molar-refractivity contribution in [2.75, 3.05) is 31.6 Å². The van der Waals surface area contributed by atoms with E-state index in [-0.39, 0.29) is 11.9 Å². The molecule has 1 aliphatic heterocycles. The molecule has 0 radical (unpaired) electrons. The lowest BCUT2D eigenvalue weighted by Crippen LogP contribution is -2.40. The molecule has 4 aromatic rings. The number of morpholine rings is 1. The minimum absolute atomic E-state index is 0.00375. The number of amides is 1. The molecule has 1 unspecified atom stereocenters. The minimum atomic E-state index is -0.197. The van der Waals surface area contributed by atoms with Gasteiger partial charge in [-0.3, -0.25) is 9.78 Å². The Kier molecular flexibility index (Phi) is 5.77. The Labute approximate surface area is 186 Å². The predicted molar refractivity (Wildman–Crippen MR) is 125 cm³/mol. The summed E-state index contributed by atoms with van der Waals surface area (Å²) < 4.78 is 5.42. The highest BCUT2D eigenvalue weighted by Crippen LogP contribution is 2.28. The lowest BCUT2D eigenvalue weighted by Gasteiger charge is -2.27. The second-order valence-corrected chi connectivity index (χ2v) is 7.72. The molecule has 6 nitrogen and oxygen atoms in total. The van der Waals surface area contributed by atoms with E-state index in [1.165, 1.54) is 0 Å². The summed E-state index contributed by atoms with van der Waals surface area (Å²) in [6.07, 6.45) is 1.79. The number of pyridine rings is 2. The number of rotatable bonds is 5. The van der Waals surface area contributed by atoms with E-state index in [0.29, 0.717) is 37.7 Å². The first-order chi connectivity index (χ1) is 15.8. The number of fused-ring (bicyclic) bond motifs is 1. The zero-order valence-corrected chi connectivity index (χ0v) is 17.6. The summed E-state index contributed by atoms with van der Waals surface area (Å²) in [5.74, 6) is 0.642. The van der Waals surface area contributed by atoms with Crippen LogP contribution in [-0.4, -0.2) is 47.1 Å². The molecule has 1 fully saturated rings. The highest BCUT2D eigenvalue weighted by molar-refractivity contribution is 6.07. The topological polar surface area (TPSA) is 67.4 Å². The van der Waals surface area contributed by atoms with Gasteiger partial charge in [-0.15, -0.1) is 0 Å². The quantitative estimate of drug-likeness (QED) is 0.517. The standard InChI is InChI=1S/C26H24N4O2/c31-26(30-14-16-32-17-15-30)21-18-24(28-22-11-5-4-10-20(21)22)29-25(19-8-2-1-3-9-19)23-12-6-7-13-27-23/h1-13,18,25H,14-17H2,(H,28,29). The largest absolute Gasteiger partial charge is 0.378 e. The van der Waals surface area contributed by atoms with Gasteiger partial charge in [0, 0.05) is 24.7 Å². The summed E-state index contributed by atoms with van der Waals surface area (Å²) in [4.78, 5) is 24.6. The van der Waals surface area contributed by atoms with Crippen molar-refractivity contribution < 1.29 is 9.53 Å². The fourth-order valence-corrected chi connectivity index (χ4v) is 4.03. The summed E-state index contributed by atoms with van der Waals surface area (Å²) in [5.41, 5.74) is 3.38. The van der Waals surface area contributed by atoms with Crippen LogP contribution in [0, 0.1) is 0 Å². The van der Waals surface area contributed by atoms with Crippen LogP contribution in [0.2, 0.25) is 0 Å². The number of carbonyl (C=O) groups is 1. The molecule has 32 heavy (non-hydrogen) atoms. The van der Waals surface area contributed by atoms with Gasteiger partial charge >= 0.3 is 0 Å². The number of aromatic nitrogens is 2. The van der Waals surface area contributed by atoms with Crippen LogP contribution in [0.1, 0.15) is 27.7 Å². The molecule has 0 saturated carbocycles. The second-order valence-electron chi connectivity index (χ2n) is 7.72. The highest BCUT2D eigenvalue weighted by Gasteiger charge is 2.23. The Morgan fingerprint density at radius 3 is 2.47 bits per heavy atom. The summed E-state index contributed by atoms with van der Waals surface area (Å²) in [7, 11) is 0. The van der Waals surface area contributed by atoms with Gasteiger partial charge in [-0.05, 0) is 29.8 Å². The maximum absolute atomic E-state index is 13.4. The van der Waals surface area contributed by atoms with Gasteiger partial charge in [-0.2, -0.15) is 0 Å². The average Bonchev–Trinajstić information content (AvgIpc) is 2.88. The molecule has 160 valence electrons. The highest BCUT2D eigenvalue weighted by atomic mass is 16.5. The number of anilines is 1. The third-order valence-electron chi connectivity index (χ3n) is 5.65. The second kappa shape index (κ2) is 9.16. The summed E-state index contributed by atoms with van der Waals surface area (Å²) >= 11 is 0. The number of benzene rings is 2. The molecule has 1 saturated heterocycles. The van der Waals surface area contributed by atoms with E-state index >= 15 is 0 Å². The Bertz CT molecular complexity index is 1170. The van der Waals surface area contributed by atoms with E-state index in [9.17, 15) is 4.79 Å². The molecule has 0 bridgehead atoms. The molecule has 2 aromatic heterocycles. The predicted octanol–water partition coefficient (Wildman–Crippen LogP) is 4.30. The van der Waals surface area contributed by atoms with Crippen LogP contribution in [0.25, 0.3) is 10.9 Å². The maximum atomic E-state index is 13.4. The molecule has 1 amide bonds. The molecular formula is C26H24N4O2. The zero-order valence-electron chi connectivity index (χ0n) is 17.6. The first-order valence-electron chi connectivity index (χ1n) is 10.8. The molecule has 6 heteroatoms. The number of para-hydroxylation sites is 1. The lowest BCUT2D eigenvalue weighted by atomic mass is 10.0. The van der Waals surface area contributed by atoms with Crippen molar-refractivity contribution in [2.45, 2.75) is 6.04 Å². The molecule has 2 aromatic carbocycles. The number of ether oxygens (including phenoxy) is 1. The van der Waals surface area contributed by atoms with Crippen molar-refractivity contribution in [2.24, 2.45) is 0 Å². The molecule has 0 aliphatic carbocycles. The lowest BCUT2D eigenvalue weighted by molar-refractivity contribution is 0.0304. The molecule has 0 spiro atoms. The van der Waals surface area contributed by atoms with Crippen LogP contribution in [0.3, 0.4) is 0 Å². The van der Waals surface area contributed by atoms with Gasteiger partial charge in [0.15, 0.2) is 0 Å². The van der Waals surface area contributed by atoms with Gasteiger partial charge in [0.1, 0.15) is 5.82 Å². The van der Waals surface area contributed by atoms with Gasteiger partial charge in [0.2, 0.25) is 0 Å². The summed E-state index contributed by atoms with van der Waals surface area (Å²) in [6, 6.07) is 25.4. The Balaban J connectivity index is 1.56. The van der Waals surface area contributed by atoms with Crippen LogP contribution in [0.5, 0.6) is 0 Å². The zero-order chi connectivity index (χ0) is 21.8. The van der Waals surface area contributed by atoms with E-state index < -0.39 is 0 Å². The van der Waals surface area contributed by atoms with Crippen molar-refractivity contribution in [3.63, 3.8) is 0 Å². The van der Waals surface area contributed by atoms with Gasteiger partial charge in [0.05, 0.1) is 36.0 Å². The van der Waals surface area contributed by atoms with Gasteiger partial charge in [-0.1, -0.05) is 54.6 Å². The molecule has 3 heterocycles. The Morgan fingerprint density at radius 2 is 1.69 bits per heavy atom. The van der Waals surface area contributed by atoms with Gasteiger partial charge in [0.25, 0.3) is 5.91 Å². The molecule has 1 N–H and O–H groups in total.